The van der Waals surface area contributed by atoms with Gasteiger partial charge in [-0.1, -0.05) is 22.0 Å². The minimum Gasteiger partial charge on any atom is -0.488 e. The Hall–Kier alpha value is -1.26. The van der Waals surface area contributed by atoms with Gasteiger partial charge in [-0.05, 0) is 50.5 Å². The molecule has 1 aromatic heterocycles. The van der Waals surface area contributed by atoms with Gasteiger partial charge in [0, 0.05) is 16.1 Å². The molecule has 112 valence electrons. The van der Waals surface area contributed by atoms with Crippen molar-refractivity contribution in [3.8, 4) is 5.75 Å². The highest BCUT2D eigenvalue weighted by Gasteiger charge is 2.21. The maximum atomic E-state index is 5.93. The summed E-state index contributed by atoms with van der Waals surface area (Å²) in [5.74, 6) is 2.84. The first kappa shape index (κ1) is 14.7. The van der Waals surface area contributed by atoms with Gasteiger partial charge in [0.15, 0.2) is 0 Å². The average Bonchev–Trinajstić information content (AvgIpc) is 3.22. The lowest BCUT2D eigenvalue weighted by atomic mass is 10.2. The Balaban J connectivity index is 1.62. The fourth-order valence-electron chi connectivity index (χ4n) is 2.24. The first-order chi connectivity index (χ1) is 10.1. The van der Waals surface area contributed by atoms with Gasteiger partial charge < -0.3 is 14.5 Å². The van der Waals surface area contributed by atoms with Crippen molar-refractivity contribution in [2.75, 3.05) is 0 Å². The topological polar surface area (TPSA) is 34.4 Å². The number of benzene rings is 1. The Morgan fingerprint density at radius 1 is 1.29 bits per heavy atom. The highest BCUT2D eigenvalue weighted by Crippen LogP contribution is 2.25. The normalized spacial score (nSPS) is 14.4. The first-order valence-electron chi connectivity index (χ1n) is 7.32. The summed E-state index contributed by atoms with van der Waals surface area (Å²) in [6, 6.07) is 8.86. The average molecular weight is 350 g/mol. The van der Waals surface area contributed by atoms with Crippen LogP contribution in [0.2, 0.25) is 0 Å². The van der Waals surface area contributed by atoms with E-state index in [-0.39, 0.29) is 0 Å². The first-order valence-corrected chi connectivity index (χ1v) is 8.11. The van der Waals surface area contributed by atoms with E-state index in [9.17, 15) is 0 Å². The number of hydrogen-bond donors (Lipinski definition) is 1. The van der Waals surface area contributed by atoms with Crippen molar-refractivity contribution in [2.24, 2.45) is 0 Å². The molecule has 1 fully saturated rings. The van der Waals surface area contributed by atoms with E-state index in [1.54, 1.807) is 0 Å². The smallest absolute Gasteiger partial charge is 0.123 e. The number of hydrogen-bond acceptors (Lipinski definition) is 3. The maximum Gasteiger partial charge on any atom is 0.123 e. The molecule has 0 atom stereocenters. The van der Waals surface area contributed by atoms with Crippen LogP contribution in [0.3, 0.4) is 0 Å². The number of ether oxygens (including phenoxy) is 1. The molecule has 3 rings (SSSR count). The van der Waals surface area contributed by atoms with Gasteiger partial charge in [0.1, 0.15) is 23.9 Å². The molecule has 3 nitrogen and oxygen atoms in total. The van der Waals surface area contributed by atoms with Crippen LogP contribution >= 0.6 is 15.9 Å². The fraction of sp³-hybridized carbons (Fsp3) is 0.412. The standard InChI is InChI=1S/C17H20BrNO2/c1-11-3-4-14(18)8-17(11)20-10-13-7-16(21-12(13)2)9-19-15-5-6-15/h3-4,7-8,15,19H,5-6,9-10H2,1-2H3. The Morgan fingerprint density at radius 3 is 2.86 bits per heavy atom. The van der Waals surface area contributed by atoms with E-state index in [4.69, 9.17) is 9.15 Å². The molecule has 1 aromatic carbocycles. The number of nitrogens with one attached hydrogen (secondary N) is 1. The van der Waals surface area contributed by atoms with Crippen molar-refractivity contribution >= 4 is 15.9 Å². The van der Waals surface area contributed by atoms with Crippen molar-refractivity contribution in [3.05, 3.63) is 51.4 Å². The van der Waals surface area contributed by atoms with E-state index in [2.05, 4.69) is 34.2 Å². The van der Waals surface area contributed by atoms with Gasteiger partial charge in [-0.2, -0.15) is 0 Å². The molecule has 1 heterocycles. The predicted molar refractivity (Wildman–Crippen MR) is 86.5 cm³/mol. The Kier molecular flexibility index (Phi) is 4.36. The van der Waals surface area contributed by atoms with Crippen LogP contribution in [-0.4, -0.2) is 6.04 Å². The zero-order chi connectivity index (χ0) is 14.8. The summed E-state index contributed by atoms with van der Waals surface area (Å²) >= 11 is 3.47. The van der Waals surface area contributed by atoms with Crippen molar-refractivity contribution < 1.29 is 9.15 Å². The van der Waals surface area contributed by atoms with E-state index in [0.29, 0.717) is 12.6 Å². The highest BCUT2D eigenvalue weighted by molar-refractivity contribution is 9.10. The number of rotatable bonds is 6. The van der Waals surface area contributed by atoms with Crippen LogP contribution in [0, 0.1) is 13.8 Å². The second-order valence-corrected chi connectivity index (χ2v) is 6.56. The van der Waals surface area contributed by atoms with Gasteiger partial charge in [0.2, 0.25) is 0 Å². The van der Waals surface area contributed by atoms with Crippen LogP contribution in [0.25, 0.3) is 0 Å². The minimum absolute atomic E-state index is 0.538. The van der Waals surface area contributed by atoms with Crippen LogP contribution in [0.5, 0.6) is 5.75 Å². The van der Waals surface area contributed by atoms with Crippen LogP contribution in [0.4, 0.5) is 0 Å². The van der Waals surface area contributed by atoms with E-state index >= 15 is 0 Å². The van der Waals surface area contributed by atoms with Crippen molar-refractivity contribution in [2.45, 2.75) is 45.9 Å². The molecule has 4 heteroatoms. The van der Waals surface area contributed by atoms with Gasteiger partial charge in [-0.3, -0.25) is 0 Å². The van der Waals surface area contributed by atoms with E-state index < -0.39 is 0 Å². The summed E-state index contributed by atoms with van der Waals surface area (Å²) in [6.45, 7) is 5.39. The monoisotopic (exact) mass is 349 g/mol. The van der Waals surface area contributed by atoms with Crippen LogP contribution in [-0.2, 0) is 13.2 Å². The van der Waals surface area contributed by atoms with Gasteiger partial charge in [-0.25, -0.2) is 0 Å². The zero-order valence-corrected chi connectivity index (χ0v) is 14.0. The molecule has 1 aliphatic carbocycles. The summed E-state index contributed by atoms with van der Waals surface area (Å²) in [6.07, 6.45) is 2.58. The maximum absolute atomic E-state index is 5.93. The van der Waals surface area contributed by atoms with E-state index in [1.165, 1.54) is 12.8 Å². The number of halogens is 1. The molecule has 21 heavy (non-hydrogen) atoms. The number of furan rings is 1. The minimum atomic E-state index is 0.538. The van der Waals surface area contributed by atoms with Crippen LogP contribution < -0.4 is 10.1 Å². The Bertz CT molecular complexity index is 632. The molecule has 0 amide bonds. The van der Waals surface area contributed by atoms with E-state index in [1.807, 2.05) is 25.1 Å². The quantitative estimate of drug-likeness (QED) is 0.834. The third-order valence-electron chi connectivity index (χ3n) is 3.75. The molecule has 1 N–H and O–H groups in total. The lowest BCUT2D eigenvalue weighted by Crippen LogP contribution is -2.14. The summed E-state index contributed by atoms with van der Waals surface area (Å²) < 4.78 is 12.7. The molecule has 1 saturated carbocycles. The second-order valence-electron chi connectivity index (χ2n) is 5.65. The lowest BCUT2D eigenvalue weighted by molar-refractivity contribution is 0.300. The number of aryl methyl sites for hydroxylation is 2. The third kappa shape index (κ3) is 3.89. The van der Waals surface area contributed by atoms with Crippen LogP contribution in [0.15, 0.2) is 33.2 Å². The van der Waals surface area contributed by atoms with Gasteiger partial charge in [0.25, 0.3) is 0 Å². The molecular weight excluding hydrogens is 330 g/mol. The second kappa shape index (κ2) is 6.24. The molecule has 0 saturated heterocycles. The fourth-order valence-corrected chi connectivity index (χ4v) is 2.58. The molecular formula is C17H20BrNO2. The molecule has 0 aliphatic heterocycles. The predicted octanol–water partition coefficient (Wildman–Crippen LogP) is 4.49. The Morgan fingerprint density at radius 2 is 2.10 bits per heavy atom. The van der Waals surface area contributed by atoms with Crippen molar-refractivity contribution in [3.63, 3.8) is 0 Å². The third-order valence-corrected chi connectivity index (χ3v) is 4.24. The summed E-state index contributed by atoms with van der Waals surface area (Å²) in [4.78, 5) is 0. The van der Waals surface area contributed by atoms with Gasteiger partial charge in [0.05, 0.1) is 6.54 Å². The van der Waals surface area contributed by atoms with Crippen LogP contribution in [0.1, 0.15) is 35.5 Å². The highest BCUT2D eigenvalue weighted by atomic mass is 79.9. The molecule has 0 bridgehead atoms. The van der Waals surface area contributed by atoms with Gasteiger partial charge in [-0.15, -0.1) is 0 Å². The summed E-state index contributed by atoms with van der Waals surface area (Å²) in [5, 5.41) is 3.46. The summed E-state index contributed by atoms with van der Waals surface area (Å²) in [5.41, 5.74) is 2.25. The SMILES string of the molecule is Cc1ccc(Br)cc1OCc1cc(CNC2CC2)oc1C. The molecule has 2 aromatic rings. The molecule has 1 aliphatic rings. The zero-order valence-electron chi connectivity index (χ0n) is 12.4. The van der Waals surface area contributed by atoms with Gasteiger partial charge >= 0.3 is 0 Å². The van der Waals surface area contributed by atoms with Crippen molar-refractivity contribution in [1.82, 2.24) is 5.32 Å². The van der Waals surface area contributed by atoms with E-state index in [0.717, 1.165) is 39.4 Å². The summed E-state index contributed by atoms with van der Waals surface area (Å²) in [7, 11) is 0. The van der Waals surface area contributed by atoms with Crippen molar-refractivity contribution in [1.29, 1.82) is 0 Å². The molecule has 0 radical (unpaired) electrons. The molecule has 0 unspecified atom stereocenters. The largest absolute Gasteiger partial charge is 0.488 e. The molecule has 0 spiro atoms. The lowest BCUT2D eigenvalue weighted by Gasteiger charge is -2.08. The Labute approximate surface area is 133 Å².